The van der Waals surface area contributed by atoms with Crippen LogP contribution in [0.5, 0.6) is 0 Å². The largest absolute Gasteiger partial charge is 0.480 e. The van der Waals surface area contributed by atoms with Gasteiger partial charge in [0.2, 0.25) is 0 Å². The van der Waals surface area contributed by atoms with Gasteiger partial charge in [0.25, 0.3) is 0 Å². The molecule has 0 radical (unpaired) electrons. The molecule has 0 heterocycles. The van der Waals surface area contributed by atoms with Crippen LogP contribution in [0.15, 0.2) is 0 Å². The molecule has 1 aliphatic rings. The van der Waals surface area contributed by atoms with Crippen LogP contribution in [0.1, 0.15) is 33.1 Å². The molecule has 0 spiro atoms. The smallest absolute Gasteiger partial charge is 0.329 e. The first-order valence-corrected chi connectivity index (χ1v) is 4.94. The van der Waals surface area contributed by atoms with Crippen molar-refractivity contribution in [1.82, 2.24) is 0 Å². The molecule has 1 saturated carbocycles. The zero-order valence-corrected chi connectivity index (χ0v) is 8.32. The average molecular weight is 186 g/mol. The Hall–Kier alpha value is -0.570. The fraction of sp³-hybridized carbons (Fsp3) is 0.900. The van der Waals surface area contributed by atoms with Crippen LogP contribution in [-0.4, -0.2) is 23.8 Å². The monoisotopic (exact) mass is 186 g/mol. The number of carbonyl (C=O) groups is 1. The van der Waals surface area contributed by atoms with Crippen molar-refractivity contribution in [3.8, 4) is 0 Å². The second-order valence-electron chi connectivity index (χ2n) is 4.08. The molecule has 13 heavy (non-hydrogen) atoms. The number of hydrogen-bond acceptors (Lipinski definition) is 2. The van der Waals surface area contributed by atoms with Crippen molar-refractivity contribution in [1.29, 1.82) is 0 Å². The van der Waals surface area contributed by atoms with E-state index in [-0.39, 0.29) is 12.7 Å². The molecule has 0 amide bonds. The maximum absolute atomic E-state index is 10.3. The first-order valence-electron chi connectivity index (χ1n) is 4.94. The Morgan fingerprint density at radius 1 is 1.54 bits per heavy atom. The summed E-state index contributed by atoms with van der Waals surface area (Å²) in [5.74, 6) is 0.287. The van der Waals surface area contributed by atoms with Gasteiger partial charge in [-0.3, -0.25) is 0 Å². The van der Waals surface area contributed by atoms with Crippen molar-refractivity contribution < 1.29 is 14.6 Å². The summed E-state index contributed by atoms with van der Waals surface area (Å²) in [6.45, 7) is 4.20. The van der Waals surface area contributed by atoms with Crippen LogP contribution >= 0.6 is 0 Å². The van der Waals surface area contributed by atoms with Gasteiger partial charge < -0.3 is 9.84 Å². The van der Waals surface area contributed by atoms with E-state index in [9.17, 15) is 4.79 Å². The van der Waals surface area contributed by atoms with Gasteiger partial charge in [-0.05, 0) is 24.7 Å². The Balaban J connectivity index is 2.35. The maximum atomic E-state index is 10.3. The highest BCUT2D eigenvalue weighted by molar-refractivity contribution is 5.68. The molecular formula is C10H18O3. The van der Waals surface area contributed by atoms with E-state index in [0.29, 0.717) is 11.8 Å². The summed E-state index contributed by atoms with van der Waals surface area (Å²) in [7, 11) is 0. The van der Waals surface area contributed by atoms with Crippen LogP contribution < -0.4 is 0 Å². The zero-order chi connectivity index (χ0) is 9.84. The number of hydrogen-bond donors (Lipinski definition) is 1. The first-order chi connectivity index (χ1) is 6.11. The van der Waals surface area contributed by atoms with Gasteiger partial charge in [0.1, 0.15) is 6.61 Å². The van der Waals surface area contributed by atoms with E-state index in [1.54, 1.807) is 0 Å². The zero-order valence-electron chi connectivity index (χ0n) is 8.32. The summed E-state index contributed by atoms with van der Waals surface area (Å²) in [5, 5.41) is 8.47. The molecule has 1 fully saturated rings. The second-order valence-corrected chi connectivity index (χ2v) is 4.08. The molecule has 0 aromatic carbocycles. The Morgan fingerprint density at radius 3 is 2.77 bits per heavy atom. The molecule has 0 aromatic rings. The molecule has 0 aromatic heterocycles. The fourth-order valence-corrected chi connectivity index (χ4v) is 2.10. The van der Waals surface area contributed by atoms with Gasteiger partial charge in [-0.1, -0.05) is 20.3 Å². The Morgan fingerprint density at radius 2 is 2.23 bits per heavy atom. The molecular weight excluding hydrogens is 168 g/mol. The van der Waals surface area contributed by atoms with Crippen molar-refractivity contribution >= 4 is 5.97 Å². The van der Waals surface area contributed by atoms with Crippen molar-refractivity contribution in [3.05, 3.63) is 0 Å². The lowest BCUT2D eigenvalue weighted by Crippen LogP contribution is -2.25. The SMILES string of the molecule is CC(C)[C@@H]1CCC[C@H]1OCC(=O)O. The van der Waals surface area contributed by atoms with Gasteiger partial charge in [0.15, 0.2) is 0 Å². The van der Waals surface area contributed by atoms with Gasteiger partial charge in [-0.2, -0.15) is 0 Å². The van der Waals surface area contributed by atoms with Crippen molar-refractivity contribution in [2.24, 2.45) is 11.8 Å². The predicted octanol–water partition coefficient (Wildman–Crippen LogP) is 1.91. The van der Waals surface area contributed by atoms with Gasteiger partial charge in [-0.15, -0.1) is 0 Å². The van der Waals surface area contributed by atoms with Crippen molar-refractivity contribution in [2.45, 2.75) is 39.2 Å². The molecule has 76 valence electrons. The van der Waals surface area contributed by atoms with Crippen LogP contribution in [0.25, 0.3) is 0 Å². The van der Waals surface area contributed by atoms with E-state index in [1.165, 1.54) is 12.8 Å². The van der Waals surface area contributed by atoms with Crippen molar-refractivity contribution in [2.75, 3.05) is 6.61 Å². The van der Waals surface area contributed by atoms with Gasteiger partial charge in [0, 0.05) is 0 Å². The maximum Gasteiger partial charge on any atom is 0.329 e. The third kappa shape index (κ3) is 2.99. The summed E-state index contributed by atoms with van der Waals surface area (Å²) < 4.78 is 5.34. The molecule has 3 nitrogen and oxygen atoms in total. The first kappa shape index (κ1) is 10.5. The lowest BCUT2D eigenvalue weighted by molar-refractivity contribution is -0.145. The molecule has 3 heteroatoms. The second kappa shape index (κ2) is 4.61. The van der Waals surface area contributed by atoms with Gasteiger partial charge >= 0.3 is 5.97 Å². The standard InChI is InChI=1S/C10H18O3/c1-7(2)8-4-3-5-9(8)13-6-10(11)12/h7-9H,3-6H2,1-2H3,(H,11,12)/t8-,9+/m0/s1. The summed E-state index contributed by atoms with van der Waals surface area (Å²) in [4.78, 5) is 10.3. The third-order valence-corrected chi connectivity index (χ3v) is 2.78. The lowest BCUT2D eigenvalue weighted by atomic mass is 9.92. The lowest BCUT2D eigenvalue weighted by Gasteiger charge is -2.22. The van der Waals surface area contributed by atoms with Crippen LogP contribution in [0.3, 0.4) is 0 Å². The summed E-state index contributed by atoms with van der Waals surface area (Å²) in [5.41, 5.74) is 0. The molecule has 1 aliphatic carbocycles. The highest BCUT2D eigenvalue weighted by Gasteiger charge is 2.30. The number of rotatable bonds is 4. The quantitative estimate of drug-likeness (QED) is 0.729. The number of carboxylic acid groups (broad SMARTS) is 1. The minimum Gasteiger partial charge on any atom is -0.480 e. The van der Waals surface area contributed by atoms with E-state index in [4.69, 9.17) is 9.84 Å². The molecule has 0 aliphatic heterocycles. The van der Waals surface area contributed by atoms with E-state index in [2.05, 4.69) is 13.8 Å². The summed E-state index contributed by atoms with van der Waals surface area (Å²) in [6, 6.07) is 0. The molecule has 1 N–H and O–H groups in total. The molecule has 0 saturated heterocycles. The molecule has 0 unspecified atom stereocenters. The van der Waals surface area contributed by atoms with E-state index < -0.39 is 5.97 Å². The van der Waals surface area contributed by atoms with Crippen LogP contribution in [0.4, 0.5) is 0 Å². The minimum absolute atomic E-state index is 0.145. The van der Waals surface area contributed by atoms with Gasteiger partial charge in [-0.25, -0.2) is 4.79 Å². The molecule has 2 atom stereocenters. The highest BCUT2D eigenvalue weighted by atomic mass is 16.5. The van der Waals surface area contributed by atoms with Crippen molar-refractivity contribution in [3.63, 3.8) is 0 Å². The predicted molar refractivity (Wildman–Crippen MR) is 49.6 cm³/mol. The van der Waals surface area contributed by atoms with Crippen LogP contribution in [0.2, 0.25) is 0 Å². The average Bonchev–Trinajstić information content (AvgIpc) is 2.47. The third-order valence-electron chi connectivity index (χ3n) is 2.78. The van der Waals surface area contributed by atoms with E-state index >= 15 is 0 Å². The normalized spacial score (nSPS) is 28.2. The number of aliphatic carboxylic acids is 1. The minimum atomic E-state index is -0.866. The Kier molecular flexibility index (Phi) is 3.72. The molecule has 0 bridgehead atoms. The number of ether oxygens (including phenoxy) is 1. The topological polar surface area (TPSA) is 46.5 Å². The van der Waals surface area contributed by atoms with Crippen LogP contribution in [-0.2, 0) is 9.53 Å². The van der Waals surface area contributed by atoms with E-state index in [1.807, 2.05) is 0 Å². The van der Waals surface area contributed by atoms with E-state index in [0.717, 1.165) is 6.42 Å². The van der Waals surface area contributed by atoms with Gasteiger partial charge in [0.05, 0.1) is 6.10 Å². The Labute approximate surface area is 79.1 Å². The summed E-state index contributed by atoms with van der Waals surface area (Å²) >= 11 is 0. The highest BCUT2D eigenvalue weighted by Crippen LogP contribution is 2.33. The Bertz CT molecular complexity index is 177. The fourth-order valence-electron chi connectivity index (χ4n) is 2.10. The number of carboxylic acids is 1. The van der Waals surface area contributed by atoms with Crippen LogP contribution in [0, 0.1) is 11.8 Å². The molecule has 1 rings (SSSR count). The summed E-state index contributed by atoms with van der Waals surface area (Å²) in [6.07, 6.45) is 3.56.